The molecular weight excluding hydrogens is 391 g/mol. The minimum Gasteiger partial charge on any atom is -0.467 e. The quantitative estimate of drug-likeness (QED) is 0.602. The van der Waals surface area contributed by atoms with Gasteiger partial charge in [0, 0.05) is 24.8 Å². The normalized spacial score (nSPS) is 18.5. The molecule has 29 heavy (non-hydrogen) atoms. The second kappa shape index (κ2) is 8.40. The number of carbonyl (C=O) groups is 1. The SMILES string of the molecule is O=C(CCN1C(=S)N[C@@H](c2ccccn2)[C@@H]1c1ccco1)Nc1ccc(F)cc1. The van der Waals surface area contributed by atoms with E-state index >= 15 is 0 Å². The summed E-state index contributed by atoms with van der Waals surface area (Å²) >= 11 is 5.54. The van der Waals surface area contributed by atoms with Crippen LogP contribution in [-0.4, -0.2) is 27.4 Å². The molecule has 148 valence electrons. The molecule has 1 amide bonds. The van der Waals surface area contributed by atoms with Gasteiger partial charge in [0.15, 0.2) is 5.11 Å². The largest absolute Gasteiger partial charge is 0.467 e. The molecule has 3 heterocycles. The fourth-order valence-electron chi connectivity index (χ4n) is 3.39. The molecule has 0 unspecified atom stereocenters. The number of nitrogens with one attached hydrogen (secondary N) is 2. The number of nitrogens with zero attached hydrogens (tertiary/aromatic N) is 2. The highest BCUT2D eigenvalue weighted by Crippen LogP contribution is 2.38. The highest BCUT2D eigenvalue weighted by Gasteiger charge is 2.41. The first-order valence-electron chi connectivity index (χ1n) is 9.19. The van der Waals surface area contributed by atoms with Crippen LogP contribution in [0.2, 0.25) is 0 Å². The molecule has 0 saturated carbocycles. The molecule has 1 aliphatic heterocycles. The summed E-state index contributed by atoms with van der Waals surface area (Å²) in [6.45, 7) is 0.396. The minimum atomic E-state index is -0.349. The third kappa shape index (κ3) is 4.27. The molecule has 0 aliphatic carbocycles. The maximum absolute atomic E-state index is 13.0. The first kappa shape index (κ1) is 19.1. The fourth-order valence-corrected chi connectivity index (χ4v) is 3.73. The molecule has 6 nitrogen and oxygen atoms in total. The molecule has 3 aromatic rings. The highest BCUT2D eigenvalue weighted by atomic mass is 32.1. The molecule has 2 aromatic heterocycles. The van der Waals surface area contributed by atoms with Gasteiger partial charge in [0.2, 0.25) is 5.91 Å². The van der Waals surface area contributed by atoms with Crippen LogP contribution in [0.5, 0.6) is 0 Å². The smallest absolute Gasteiger partial charge is 0.226 e. The van der Waals surface area contributed by atoms with Crippen molar-refractivity contribution in [2.45, 2.75) is 18.5 Å². The van der Waals surface area contributed by atoms with Crippen molar-refractivity contribution in [3.8, 4) is 0 Å². The van der Waals surface area contributed by atoms with Gasteiger partial charge >= 0.3 is 0 Å². The Balaban J connectivity index is 1.48. The fraction of sp³-hybridized carbons (Fsp3) is 0.190. The number of furan rings is 1. The average Bonchev–Trinajstić information content (AvgIpc) is 3.36. The summed E-state index contributed by atoms with van der Waals surface area (Å²) in [5.74, 6) is 0.212. The number of aromatic nitrogens is 1. The third-order valence-electron chi connectivity index (χ3n) is 4.74. The van der Waals surface area contributed by atoms with E-state index in [9.17, 15) is 9.18 Å². The van der Waals surface area contributed by atoms with Gasteiger partial charge in [0.25, 0.3) is 0 Å². The number of rotatable bonds is 6. The van der Waals surface area contributed by atoms with Crippen LogP contribution >= 0.6 is 12.2 Å². The van der Waals surface area contributed by atoms with Crippen LogP contribution < -0.4 is 10.6 Å². The summed E-state index contributed by atoms with van der Waals surface area (Å²) in [4.78, 5) is 18.8. The number of carbonyl (C=O) groups excluding carboxylic acids is 1. The minimum absolute atomic E-state index is 0.182. The van der Waals surface area contributed by atoms with Gasteiger partial charge in [-0.3, -0.25) is 9.78 Å². The number of hydrogen-bond acceptors (Lipinski definition) is 4. The molecule has 2 N–H and O–H groups in total. The van der Waals surface area contributed by atoms with Gasteiger partial charge in [-0.2, -0.15) is 0 Å². The summed E-state index contributed by atoms with van der Waals surface area (Å²) in [5, 5.41) is 6.61. The Morgan fingerprint density at radius 3 is 2.72 bits per heavy atom. The molecule has 1 saturated heterocycles. The topological polar surface area (TPSA) is 70.4 Å². The van der Waals surface area contributed by atoms with Gasteiger partial charge in [0.05, 0.1) is 18.0 Å². The molecule has 8 heteroatoms. The van der Waals surface area contributed by atoms with Crippen molar-refractivity contribution >= 4 is 28.9 Å². The van der Waals surface area contributed by atoms with Crippen molar-refractivity contribution in [2.75, 3.05) is 11.9 Å². The highest BCUT2D eigenvalue weighted by molar-refractivity contribution is 7.80. The van der Waals surface area contributed by atoms with Crippen LogP contribution in [0.3, 0.4) is 0 Å². The standard InChI is InChI=1S/C21H19FN4O2S/c22-14-6-8-15(9-7-14)24-18(27)10-12-26-20(17-5-3-13-28-17)19(25-21(26)29)16-4-1-2-11-23-16/h1-9,11,13,19-20H,10,12H2,(H,24,27)(H,25,29)/t19-,20-/m0/s1. The zero-order valence-corrected chi connectivity index (χ0v) is 16.2. The third-order valence-corrected chi connectivity index (χ3v) is 5.09. The lowest BCUT2D eigenvalue weighted by Gasteiger charge is -2.25. The first-order valence-corrected chi connectivity index (χ1v) is 9.59. The first-order chi connectivity index (χ1) is 14.1. The predicted octanol–water partition coefficient (Wildman–Crippen LogP) is 3.82. The lowest BCUT2D eigenvalue weighted by molar-refractivity contribution is -0.116. The molecule has 0 spiro atoms. The van der Waals surface area contributed by atoms with E-state index in [4.69, 9.17) is 16.6 Å². The van der Waals surface area contributed by atoms with Crippen LogP contribution in [-0.2, 0) is 4.79 Å². The van der Waals surface area contributed by atoms with Crippen LogP contribution in [0.4, 0.5) is 10.1 Å². The van der Waals surface area contributed by atoms with Crippen LogP contribution in [0.25, 0.3) is 0 Å². The second-order valence-corrected chi connectivity index (χ2v) is 7.03. The molecule has 0 bridgehead atoms. The summed E-state index contributed by atoms with van der Waals surface area (Å²) in [6.07, 6.45) is 3.56. The Morgan fingerprint density at radius 1 is 1.21 bits per heavy atom. The molecule has 0 radical (unpaired) electrons. The van der Waals surface area contributed by atoms with Gasteiger partial charge in [-0.05, 0) is 60.7 Å². The maximum atomic E-state index is 13.0. The number of pyridine rings is 1. The van der Waals surface area contributed by atoms with Crippen LogP contribution in [0, 0.1) is 5.82 Å². The average molecular weight is 410 g/mol. The van der Waals surface area contributed by atoms with Crippen LogP contribution in [0.15, 0.2) is 71.5 Å². The molecule has 2 atom stereocenters. The van der Waals surface area contributed by atoms with Gasteiger partial charge in [-0.15, -0.1) is 0 Å². The van der Waals surface area contributed by atoms with E-state index < -0.39 is 0 Å². The molecule has 1 aliphatic rings. The Hall–Kier alpha value is -3.26. The van der Waals surface area contributed by atoms with E-state index in [1.165, 1.54) is 24.3 Å². The van der Waals surface area contributed by atoms with Crippen molar-refractivity contribution < 1.29 is 13.6 Å². The van der Waals surface area contributed by atoms with E-state index in [0.29, 0.717) is 17.3 Å². The van der Waals surface area contributed by atoms with E-state index in [0.717, 1.165) is 11.5 Å². The number of anilines is 1. The number of hydrogen-bond donors (Lipinski definition) is 2. The summed E-state index contributed by atoms with van der Waals surface area (Å²) < 4.78 is 18.7. The predicted molar refractivity (Wildman–Crippen MR) is 111 cm³/mol. The number of thiocarbonyl (C=S) groups is 1. The maximum Gasteiger partial charge on any atom is 0.226 e. The van der Waals surface area contributed by atoms with E-state index in [2.05, 4.69) is 15.6 Å². The number of benzene rings is 1. The summed E-state index contributed by atoms with van der Waals surface area (Å²) in [5.41, 5.74) is 1.39. The van der Waals surface area contributed by atoms with Crippen LogP contribution in [0.1, 0.15) is 30.0 Å². The Bertz CT molecular complexity index is 980. The summed E-state index contributed by atoms with van der Waals surface area (Å²) in [7, 11) is 0. The zero-order chi connectivity index (χ0) is 20.2. The molecule has 1 fully saturated rings. The van der Waals surface area contributed by atoms with E-state index in [-0.39, 0.29) is 30.2 Å². The van der Waals surface area contributed by atoms with E-state index in [1.807, 2.05) is 35.2 Å². The van der Waals surface area contributed by atoms with Crippen molar-refractivity contribution in [1.82, 2.24) is 15.2 Å². The van der Waals surface area contributed by atoms with Gasteiger partial charge in [-0.25, -0.2) is 4.39 Å². The van der Waals surface area contributed by atoms with Crippen molar-refractivity contribution in [2.24, 2.45) is 0 Å². The van der Waals surface area contributed by atoms with Crippen molar-refractivity contribution in [3.05, 3.63) is 84.3 Å². The summed E-state index contributed by atoms with van der Waals surface area (Å²) in [6, 6.07) is 14.7. The number of halogens is 1. The second-order valence-electron chi connectivity index (χ2n) is 6.64. The van der Waals surface area contributed by atoms with Gasteiger partial charge < -0.3 is 20.0 Å². The van der Waals surface area contributed by atoms with Gasteiger partial charge in [0.1, 0.15) is 17.6 Å². The zero-order valence-electron chi connectivity index (χ0n) is 15.4. The lowest BCUT2D eigenvalue weighted by atomic mass is 10.0. The Labute approximate surface area is 172 Å². The van der Waals surface area contributed by atoms with Gasteiger partial charge in [-0.1, -0.05) is 6.07 Å². The molecule has 4 rings (SSSR count). The Morgan fingerprint density at radius 2 is 2.03 bits per heavy atom. The molecule has 1 aromatic carbocycles. The van der Waals surface area contributed by atoms with Crippen molar-refractivity contribution in [3.63, 3.8) is 0 Å². The Kier molecular flexibility index (Phi) is 5.53. The lowest BCUT2D eigenvalue weighted by Crippen LogP contribution is -2.32. The van der Waals surface area contributed by atoms with Crippen molar-refractivity contribution in [1.29, 1.82) is 0 Å². The van der Waals surface area contributed by atoms with E-state index in [1.54, 1.807) is 12.5 Å². The monoisotopic (exact) mass is 410 g/mol. The number of amides is 1. The molecular formula is C21H19FN4O2S.